The third-order valence-electron chi connectivity index (χ3n) is 6.75. The van der Waals surface area contributed by atoms with E-state index in [4.69, 9.17) is 14.2 Å². The van der Waals surface area contributed by atoms with E-state index in [1.807, 2.05) is 79.7 Å². The van der Waals surface area contributed by atoms with Crippen LogP contribution in [0.1, 0.15) is 50.8 Å². The first-order chi connectivity index (χ1) is 19.5. The molecule has 0 saturated carbocycles. The minimum absolute atomic E-state index is 0. The number of ether oxygens (including phenoxy) is 1. The normalized spacial score (nSPS) is 10.8. The topological polar surface area (TPSA) is 103 Å². The van der Waals surface area contributed by atoms with Crippen molar-refractivity contribution in [2.75, 3.05) is 6.61 Å². The zero-order valence-electron chi connectivity index (χ0n) is 24.9. The molecule has 0 aliphatic heterocycles. The van der Waals surface area contributed by atoms with Gasteiger partial charge in [-0.05, 0) is 60.7 Å². The van der Waals surface area contributed by atoms with E-state index in [0.29, 0.717) is 30.2 Å². The van der Waals surface area contributed by atoms with Crippen LogP contribution in [0.5, 0.6) is 5.75 Å². The average molecular weight is 577 g/mol. The third kappa shape index (κ3) is 7.05. The molecule has 206 valence electrons. The smallest absolute Gasteiger partial charge is 1.00 e. The molecule has 5 rings (SSSR count). The molecule has 0 amide bonds. The molecule has 0 aliphatic rings. The first-order valence-corrected chi connectivity index (χ1v) is 13.6. The summed E-state index contributed by atoms with van der Waals surface area (Å²) in [4.78, 5) is 32.9. The van der Waals surface area contributed by atoms with Crippen LogP contribution >= 0.6 is 0 Å². The van der Waals surface area contributed by atoms with E-state index in [2.05, 4.69) is 24.0 Å². The Morgan fingerprint density at radius 3 is 2.27 bits per heavy atom. The van der Waals surface area contributed by atoms with Crippen molar-refractivity contribution in [3.8, 4) is 34.0 Å². The number of hydrogen-bond donors (Lipinski definition) is 1. The number of nitrogens with zero attached hydrogens (tertiary/aromatic N) is 3. The first-order valence-electron chi connectivity index (χ1n) is 13.6. The molecule has 5 aromatic rings. The van der Waals surface area contributed by atoms with Crippen LogP contribution in [0.25, 0.3) is 28.2 Å². The molecule has 0 radical (unpaired) electrons. The quantitative estimate of drug-likeness (QED) is 0.257. The molecule has 2 heterocycles. The maximum Gasteiger partial charge on any atom is 1.00 e. The molecule has 9 heteroatoms. The van der Waals surface area contributed by atoms with Crippen LogP contribution in [0.15, 0.2) is 86.9 Å². The fraction of sp³-hybridized carbons (Fsp3) is 0.250. The second kappa shape index (κ2) is 14.2. The minimum atomic E-state index is -0.596. The van der Waals surface area contributed by atoms with Gasteiger partial charge in [-0.1, -0.05) is 74.0 Å². The van der Waals surface area contributed by atoms with Gasteiger partial charge < -0.3 is 6.16 Å². The Hall–Kier alpha value is -3.08. The molecule has 3 aromatic carbocycles. The van der Waals surface area contributed by atoms with Crippen molar-refractivity contribution >= 4 is 0 Å². The third-order valence-corrected chi connectivity index (χ3v) is 6.75. The predicted octanol–water partition coefficient (Wildman–Crippen LogP) is 3.00. The molecule has 0 bridgehead atoms. The number of aromatic nitrogens is 4. The van der Waals surface area contributed by atoms with E-state index in [1.165, 1.54) is 0 Å². The Balaban J connectivity index is 0.00000242. The SMILES string of the molecule is CCCOc1ccc(-n2c(C)nc(CCC)c(Cc3ccc(-c4ccccc4-c4noc(=O)[nH]4)cc3)c2=O)cc1.[H-].[K+]. The van der Waals surface area contributed by atoms with Crippen molar-refractivity contribution in [3.63, 3.8) is 0 Å². The monoisotopic (exact) mass is 576 g/mol. The van der Waals surface area contributed by atoms with Gasteiger partial charge >= 0.3 is 57.1 Å². The summed E-state index contributed by atoms with van der Waals surface area (Å²) >= 11 is 0. The fourth-order valence-electron chi connectivity index (χ4n) is 4.85. The first kappa shape index (κ1) is 30.9. The van der Waals surface area contributed by atoms with E-state index in [9.17, 15) is 9.59 Å². The second-order valence-electron chi connectivity index (χ2n) is 9.68. The van der Waals surface area contributed by atoms with Crippen LogP contribution in [0.3, 0.4) is 0 Å². The molecule has 2 aromatic heterocycles. The number of nitrogens with one attached hydrogen (secondary N) is 1. The van der Waals surface area contributed by atoms with Crippen molar-refractivity contribution in [1.29, 1.82) is 0 Å². The number of H-pyrrole nitrogens is 1. The maximum absolute atomic E-state index is 13.9. The summed E-state index contributed by atoms with van der Waals surface area (Å²) in [6, 6.07) is 23.3. The van der Waals surface area contributed by atoms with Gasteiger partial charge in [-0.25, -0.2) is 9.78 Å². The van der Waals surface area contributed by atoms with Gasteiger partial charge in [-0.15, -0.1) is 0 Å². The van der Waals surface area contributed by atoms with E-state index in [-0.39, 0.29) is 58.4 Å². The summed E-state index contributed by atoms with van der Waals surface area (Å²) in [5.41, 5.74) is 5.90. The molecule has 1 N–H and O–H groups in total. The molecule has 41 heavy (non-hydrogen) atoms. The molecule has 0 unspecified atom stereocenters. The van der Waals surface area contributed by atoms with Crippen molar-refractivity contribution < 1.29 is 62.1 Å². The number of aromatic amines is 1. The van der Waals surface area contributed by atoms with Gasteiger partial charge in [0.15, 0.2) is 5.82 Å². The van der Waals surface area contributed by atoms with Crippen molar-refractivity contribution in [3.05, 3.63) is 116 Å². The van der Waals surface area contributed by atoms with Gasteiger partial charge in [0.1, 0.15) is 11.6 Å². The molecule has 0 aliphatic carbocycles. The summed E-state index contributed by atoms with van der Waals surface area (Å²) in [5.74, 6) is 1.23. The fourth-order valence-corrected chi connectivity index (χ4v) is 4.85. The Morgan fingerprint density at radius 1 is 0.927 bits per heavy atom. The van der Waals surface area contributed by atoms with Crippen LogP contribution < -0.4 is 67.4 Å². The number of rotatable bonds is 10. The van der Waals surface area contributed by atoms with Gasteiger partial charge in [0.05, 0.1) is 18.0 Å². The molecule has 0 atom stereocenters. The largest absolute Gasteiger partial charge is 1.00 e. The van der Waals surface area contributed by atoms with Gasteiger partial charge in [-0.2, -0.15) is 0 Å². The molecule has 0 saturated heterocycles. The molecular formula is C32H33KN4O4. The van der Waals surface area contributed by atoms with Crippen LogP contribution in [-0.2, 0) is 12.8 Å². The number of aryl methyl sites for hydroxylation is 2. The predicted molar refractivity (Wildman–Crippen MR) is 156 cm³/mol. The van der Waals surface area contributed by atoms with Crippen LogP contribution in [0.4, 0.5) is 0 Å². The molecular weight excluding hydrogens is 543 g/mol. The standard InChI is InChI=1S/C32H32N4O4.K.H/c1-4-8-29-28(31(37)36(21(3)33-29)24-15-17-25(18-16-24)39-19-5-2)20-22-11-13-23(14-12-22)26-9-6-7-10-27(26)30-34-32(38)40-35-30;;/h6-7,9-18H,4-5,8,19-20H2,1-3H3,(H,34,35,38);;/q;+1;-1. The summed E-state index contributed by atoms with van der Waals surface area (Å²) < 4.78 is 12.1. The Kier molecular flexibility index (Phi) is 10.7. The van der Waals surface area contributed by atoms with Gasteiger partial charge in [0, 0.05) is 17.5 Å². The number of benzene rings is 3. The summed E-state index contributed by atoms with van der Waals surface area (Å²) in [7, 11) is 0. The summed E-state index contributed by atoms with van der Waals surface area (Å²) in [6.07, 6.45) is 3.03. The summed E-state index contributed by atoms with van der Waals surface area (Å²) in [5, 5.41) is 3.85. The van der Waals surface area contributed by atoms with E-state index in [0.717, 1.165) is 58.6 Å². The maximum atomic E-state index is 13.9. The van der Waals surface area contributed by atoms with Crippen LogP contribution in [-0.4, -0.2) is 26.3 Å². The van der Waals surface area contributed by atoms with Crippen molar-refractivity contribution in [2.24, 2.45) is 0 Å². The zero-order valence-corrected chi connectivity index (χ0v) is 27.1. The number of hydrogen-bond acceptors (Lipinski definition) is 6. The van der Waals surface area contributed by atoms with Crippen LogP contribution in [0.2, 0.25) is 0 Å². The summed E-state index contributed by atoms with van der Waals surface area (Å²) in [6.45, 7) is 6.69. The zero-order chi connectivity index (χ0) is 28.1. The van der Waals surface area contributed by atoms with Gasteiger partial charge in [0.25, 0.3) is 5.56 Å². The van der Waals surface area contributed by atoms with Gasteiger partial charge in [-0.3, -0.25) is 18.9 Å². The Morgan fingerprint density at radius 2 is 1.63 bits per heavy atom. The molecule has 0 fully saturated rings. The second-order valence-corrected chi connectivity index (χ2v) is 9.68. The van der Waals surface area contributed by atoms with Crippen molar-refractivity contribution in [2.45, 2.75) is 46.5 Å². The van der Waals surface area contributed by atoms with E-state index < -0.39 is 5.76 Å². The Bertz CT molecular complexity index is 1730. The van der Waals surface area contributed by atoms with E-state index >= 15 is 0 Å². The molecule has 0 spiro atoms. The van der Waals surface area contributed by atoms with Gasteiger partial charge in [0.2, 0.25) is 0 Å². The molecule has 8 nitrogen and oxygen atoms in total. The van der Waals surface area contributed by atoms with Crippen LogP contribution in [0, 0.1) is 6.92 Å². The van der Waals surface area contributed by atoms with E-state index in [1.54, 1.807) is 4.57 Å². The minimum Gasteiger partial charge on any atom is -1.00 e. The Labute approximate surface area is 282 Å². The average Bonchev–Trinajstić information content (AvgIpc) is 3.41. The van der Waals surface area contributed by atoms with Crippen molar-refractivity contribution in [1.82, 2.24) is 19.7 Å².